The van der Waals surface area contributed by atoms with Gasteiger partial charge < -0.3 is 8.94 Å². The molecule has 0 aliphatic carbocycles. The number of anilines is 2. The molecular weight excluding hydrogens is 408 g/mol. The van der Waals surface area contributed by atoms with E-state index in [0.717, 1.165) is 21.2 Å². The number of para-hydroxylation sites is 2. The second kappa shape index (κ2) is 7.41. The standard InChI is InChI=1S/C20H14N4O3S2/c1-12-10-13(23-27-12)19-21-22-20(26-19)28-11-18(25)24-14-6-2-4-8-16(14)29-17-9-5-3-7-15(17)24/h2-10H,11H2,1H3. The summed E-state index contributed by atoms with van der Waals surface area (Å²) >= 11 is 2.86. The van der Waals surface area contributed by atoms with Crippen LogP contribution >= 0.6 is 23.5 Å². The number of rotatable bonds is 4. The highest BCUT2D eigenvalue weighted by Gasteiger charge is 2.28. The highest BCUT2D eigenvalue weighted by Crippen LogP contribution is 2.48. The molecule has 0 fully saturated rings. The van der Waals surface area contributed by atoms with E-state index in [4.69, 9.17) is 8.94 Å². The Bertz CT molecular complexity index is 1160. The third-order valence-electron chi connectivity index (χ3n) is 4.25. The maximum Gasteiger partial charge on any atom is 0.277 e. The first kappa shape index (κ1) is 18.0. The molecule has 0 atom stereocenters. The number of aromatic nitrogens is 3. The Kier molecular flexibility index (Phi) is 4.61. The van der Waals surface area contributed by atoms with Gasteiger partial charge in [0.15, 0.2) is 5.69 Å². The van der Waals surface area contributed by atoms with E-state index in [1.54, 1.807) is 29.7 Å². The Morgan fingerprint density at radius 2 is 1.76 bits per heavy atom. The van der Waals surface area contributed by atoms with Crippen molar-refractivity contribution < 1.29 is 13.7 Å². The third-order valence-corrected chi connectivity index (χ3v) is 6.19. The van der Waals surface area contributed by atoms with Gasteiger partial charge in [0.05, 0.1) is 17.1 Å². The van der Waals surface area contributed by atoms with Crippen molar-refractivity contribution in [2.75, 3.05) is 10.7 Å². The number of nitrogens with zero attached hydrogens (tertiary/aromatic N) is 4. The fraction of sp³-hybridized carbons (Fsp3) is 0.100. The molecule has 2 aromatic heterocycles. The Balaban J connectivity index is 1.37. The van der Waals surface area contributed by atoms with Crippen molar-refractivity contribution in [3.8, 4) is 11.6 Å². The molecule has 5 rings (SSSR count). The normalized spacial score (nSPS) is 12.5. The van der Waals surface area contributed by atoms with Crippen molar-refractivity contribution in [2.24, 2.45) is 0 Å². The molecule has 144 valence electrons. The molecule has 0 saturated carbocycles. The summed E-state index contributed by atoms with van der Waals surface area (Å²) in [6.07, 6.45) is 0. The Labute approximate surface area is 174 Å². The van der Waals surface area contributed by atoms with E-state index in [1.807, 2.05) is 48.5 Å². The van der Waals surface area contributed by atoms with Gasteiger partial charge in [-0.3, -0.25) is 9.69 Å². The lowest BCUT2D eigenvalue weighted by Gasteiger charge is -2.30. The van der Waals surface area contributed by atoms with Gasteiger partial charge in [-0.2, -0.15) is 0 Å². The largest absolute Gasteiger partial charge is 0.409 e. The van der Waals surface area contributed by atoms with Crippen LogP contribution in [0.15, 0.2) is 78.6 Å². The molecule has 0 spiro atoms. The molecule has 0 N–H and O–H groups in total. The summed E-state index contributed by atoms with van der Waals surface area (Å²) in [7, 11) is 0. The fourth-order valence-electron chi connectivity index (χ4n) is 3.00. The molecule has 1 amide bonds. The number of amides is 1. The van der Waals surface area contributed by atoms with Crippen LogP contribution in [0, 0.1) is 6.92 Å². The second-order valence-corrected chi connectivity index (χ2v) is 8.26. The van der Waals surface area contributed by atoms with Crippen molar-refractivity contribution in [2.45, 2.75) is 21.9 Å². The predicted molar refractivity (Wildman–Crippen MR) is 109 cm³/mol. The minimum atomic E-state index is -0.0627. The molecule has 1 aliphatic rings. The summed E-state index contributed by atoms with van der Waals surface area (Å²) in [5.74, 6) is 1.02. The molecule has 9 heteroatoms. The zero-order valence-electron chi connectivity index (χ0n) is 15.2. The number of thioether (sulfide) groups is 1. The van der Waals surface area contributed by atoms with Gasteiger partial charge in [0.1, 0.15) is 5.76 Å². The first-order valence-corrected chi connectivity index (χ1v) is 10.6. The molecule has 0 radical (unpaired) electrons. The monoisotopic (exact) mass is 422 g/mol. The van der Waals surface area contributed by atoms with Crippen LogP contribution < -0.4 is 4.90 Å². The lowest BCUT2D eigenvalue weighted by molar-refractivity contribution is -0.115. The Morgan fingerprint density at radius 3 is 2.41 bits per heavy atom. The highest BCUT2D eigenvalue weighted by molar-refractivity contribution is 8.00. The van der Waals surface area contributed by atoms with Gasteiger partial charge in [0.2, 0.25) is 5.91 Å². The summed E-state index contributed by atoms with van der Waals surface area (Å²) in [6.45, 7) is 1.79. The van der Waals surface area contributed by atoms with Crippen LogP contribution in [0.4, 0.5) is 11.4 Å². The zero-order chi connectivity index (χ0) is 19.8. The molecule has 29 heavy (non-hydrogen) atoms. The van der Waals surface area contributed by atoms with Crippen molar-refractivity contribution in [3.63, 3.8) is 0 Å². The molecule has 7 nitrogen and oxygen atoms in total. The molecule has 0 saturated heterocycles. The number of carbonyl (C=O) groups is 1. The van der Waals surface area contributed by atoms with Crippen molar-refractivity contribution >= 4 is 40.8 Å². The highest BCUT2D eigenvalue weighted by atomic mass is 32.2. The van der Waals surface area contributed by atoms with E-state index in [2.05, 4.69) is 15.4 Å². The summed E-state index contributed by atoms with van der Waals surface area (Å²) in [6, 6.07) is 17.5. The van der Waals surface area contributed by atoms with Gasteiger partial charge >= 0.3 is 0 Å². The Hall–Kier alpha value is -3.04. The van der Waals surface area contributed by atoms with Gasteiger partial charge in [0, 0.05) is 15.9 Å². The van der Waals surface area contributed by atoms with E-state index in [9.17, 15) is 4.79 Å². The minimum absolute atomic E-state index is 0.0627. The van der Waals surface area contributed by atoms with Crippen LogP contribution in [-0.4, -0.2) is 27.0 Å². The lowest BCUT2D eigenvalue weighted by Crippen LogP contribution is -2.29. The summed E-state index contributed by atoms with van der Waals surface area (Å²) in [5, 5.41) is 12.1. The minimum Gasteiger partial charge on any atom is -0.409 e. The van der Waals surface area contributed by atoms with Crippen LogP contribution in [0.1, 0.15) is 5.76 Å². The number of aryl methyl sites for hydroxylation is 1. The Morgan fingerprint density at radius 1 is 1.07 bits per heavy atom. The molecule has 4 aromatic rings. The van der Waals surface area contributed by atoms with E-state index in [-0.39, 0.29) is 17.6 Å². The second-order valence-electron chi connectivity index (χ2n) is 6.25. The zero-order valence-corrected chi connectivity index (χ0v) is 16.9. The molecular formula is C20H14N4O3S2. The number of hydrogen-bond donors (Lipinski definition) is 0. The topological polar surface area (TPSA) is 85.3 Å². The molecule has 3 heterocycles. The maximum absolute atomic E-state index is 13.2. The van der Waals surface area contributed by atoms with Crippen LogP contribution in [0.25, 0.3) is 11.6 Å². The van der Waals surface area contributed by atoms with Gasteiger partial charge in [-0.25, -0.2) is 0 Å². The van der Waals surface area contributed by atoms with Crippen LogP contribution in [0.3, 0.4) is 0 Å². The number of fused-ring (bicyclic) bond motifs is 2. The first-order valence-electron chi connectivity index (χ1n) is 8.78. The molecule has 1 aliphatic heterocycles. The number of hydrogen-bond acceptors (Lipinski definition) is 8. The first-order chi connectivity index (χ1) is 14.2. The van der Waals surface area contributed by atoms with E-state index >= 15 is 0 Å². The average Bonchev–Trinajstić information content (AvgIpc) is 3.39. The van der Waals surface area contributed by atoms with Crippen LogP contribution in [-0.2, 0) is 4.79 Å². The van der Waals surface area contributed by atoms with Crippen LogP contribution in [0.2, 0.25) is 0 Å². The molecule has 2 aromatic carbocycles. The van der Waals surface area contributed by atoms with Crippen molar-refractivity contribution in [1.82, 2.24) is 15.4 Å². The summed E-state index contributed by atoms with van der Waals surface area (Å²) in [5.41, 5.74) is 2.24. The smallest absolute Gasteiger partial charge is 0.277 e. The third kappa shape index (κ3) is 3.43. The van der Waals surface area contributed by atoms with E-state index < -0.39 is 0 Å². The van der Waals surface area contributed by atoms with Gasteiger partial charge in [-0.15, -0.1) is 10.2 Å². The average molecular weight is 422 g/mol. The van der Waals surface area contributed by atoms with Gasteiger partial charge in [0.25, 0.3) is 11.1 Å². The predicted octanol–water partition coefficient (Wildman–Crippen LogP) is 4.95. The van der Waals surface area contributed by atoms with Gasteiger partial charge in [-0.1, -0.05) is 52.9 Å². The van der Waals surface area contributed by atoms with E-state index in [1.165, 1.54) is 11.8 Å². The van der Waals surface area contributed by atoms with Crippen molar-refractivity contribution in [1.29, 1.82) is 0 Å². The summed E-state index contributed by atoms with van der Waals surface area (Å²) in [4.78, 5) is 17.0. The quantitative estimate of drug-likeness (QED) is 0.427. The SMILES string of the molecule is Cc1cc(-c2nnc(SCC(=O)N3c4ccccc4Sc4ccccc43)o2)no1. The lowest BCUT2D eigenvalue weighted by atomic mass is 10.2. The molecule has 0 unspecified atom stereocenters. The number of benzene rings is 2. The maximum atomic E-state index is 13.2. The van der Waals surface area contributed by atoms with Gasteiger partial charge in [-0.05, 0) is 31.2 Å². The van der Waals surface area contributed by atoms with E-state index in [0.29, 0.717) is 16.7 Å². The molecule has 0 bridgehead atoms. The van der Waals surface area contributed by atoms with Crippen LogP contribution in [0.5, 0.6) is 0 Å². The summed E-state index contributed by atoms with van der Waals surface area (Å²) < 4.78 is 10.6. The fourth-order valence-corrected chi connectivity index (χ4v) is 4.67. The van der Waals surface area contributed by atoms with Crippen molar-refractivity contribution in [3.05, 3.63) is 60.4 Å². The number of carbonyl (C=O) groups excluding carboxylic acids is 1.